The van der Waals surface area contributed by atoms with Crippen molar-refractivity contribution in [2.24, 2.45) is 0 Å². The highest BCUT2D eigenvalue weighted by Gasteiger charge is 2.39. The lowest BCUT2D eigenvalue weighted by Crippen LogP contribution is -2.57. The normalized spacial score (nSPS) is 16.9. The minimum absolute atomic E-state index is 0.0304. The van der Waals surface area contributed by atoms with Crippen molar-refractivity contribution in [2.75, 3.05) is 26.4 Å². The van der Waals surface area contributed by atoms with Gasteiger partial charge in [-0.3, -0.25) is 4.79 Å². The molecule has 1 amide bonds. The number of anilines is 1. The Balaban J connectivity index is 2.07. The van der Waals surface area contributed by atoms with E-state index in [4.69, 9.17) is 5.73 Å². The molecule has 1 aromatic rings. The Labute approximate surface area is 116 Å². The van der Waals surface area contributed by atoms with E-state index < -0.39 is 17.5 Å². The summed E-state index contributed by atoms with van der Waals surface area (Å²) in [4.78, 5) is 14.1. The number of nitrogens with zero attached hydrogens (tertiary/aromatic N) is 1. The lowest BCUT2D eigenvalue weighted by molar-refractivity contribution is 0.0558. The van der Waals surface area contributed by atoms with Gasteiger partial charge in [-0.25, -0.2) is 8.78 Å². The second-order valence-corrected chi connectivity index (χ2v) is 5.51. The zero-order chi connectivity index (χ0) is 14.9. The van der Waals surface area contributed by atoms with Crippen molar-refractivity contribution in [2.45, 2.75) is 24.8 Å². The first-order chi connectivity index (χ1) is 9.35. The number of likely N-dealkylation sites (N-methyl/N-ethyl adjacent to an activating group) is 1. The SMILES string of the molecule is CN(C)C1(CNC(=O)c2cc(F)c(F)cc2N)CCC1. The van der Waals surface area contributed by atoms with E-state index in [1.807, 2.05) is 14.1 Å². The molecule has 110 valence electrons. The summed E-state index contributed by atoms with van der Waals surface area (Å²) in [6, 6.07) is 1.67. The van der Waals surface area contributed by atoms with Crippen LogP contribution in [0.1, 0.15) is 29.6 Å². The number of halogens is 2. The number of amides is 1. The minimum atomic E-state index is -1.07. The molecule has 20 heavy (non-hydrogen) atoms. The van der Waals surface area contributed by atoms with Crippen molar-refractivity contribution >= 4 is 11.6 Å². The molecule has 0 aromatic heterocycles. The van der Waals surface area contributed by atoms with Gasteiger partial charge in [0.05, 0.1) is 5.56 Å². The number of hydrogen-bond acceptors (Lipinski definition) is 3. The molecule has 0 bridgehead atoms. The summed E-state index contributed by atoms with van der Waals surface area (Å²) >= 11 is 0. The number of nitrogens with one attached hydrogen (secondary N) is 1. The number of rotatable bonds is 4. The topological polar surface area (TPSA) is 58.4 Å². The number of nitrogen functional groups attached to an aromatic ring is 1. The van der Waals surface area contributed by atoms with Crippen LogP contribution >= 0.6 is 0 Å². The van der Waals surface area contributed by atoms with Crippen molar-refractivity contribution in [3.05, 3.63) is 29.3 Å². The van der Waals surface area contributed by atoms with E-state index in [9.17, 15) is 13.6 Å². The first kappa shape index (κ1) is 14.7. The third-order valence-electron chi connectivity index (χ3n) is 4.15. The Morgan fingerprint density at radius 2 is 1.95 bits per heavy atom. The second kappa shape index (κ2) is 5.36. The number of benzene rings is 1. The van der Waals surface area contributed by atoms with Crippen LogP contribution in [0.25, 0.3) is 0 Å². The first-order valence-corrected chi connectivity index (χ1v) is 6.56. The van der Waals surface area contributed by atoms with E-state index in [0.717, 1.165) is 31.4 Å². The third-order valence-corrected chi connectivity index (χ3v) is 4.15. The van der Waals surface area contributed by atoms with Gasteiger partial charge in [0.15, 0.2) is 11.6 Å². The fraction of sp³-hybridized carbons (Fsp3) is 0.500. The fourth-order valence-corrected chi connectivity index (χ4v) is 2.47. The Bertz CT molecular complexity index is 527. The van der Waals surface area contributed by atoms with Gasteiger partial charge in [0.2, 0.25) is 0 Å². The standard InChI is InChI=1S/C14H19F2N3O/c1-19(2)14(4-3-5-14)8-18-13(20)9-6-10(15)11(16)7-12(9)17/h6-7H,3-5,8,17H2,1-2H3,(H,18,20). The van der Waals surface area contributed by atoms with Crippen molar-refractivity contribution in [1.82, 2.24) is 10.2 Å². The third kappa shape index (κ3) is 2.60. The number of carbonyl (C=O) groups is 1. The Morgan fingerprint density at radius 1 is 1.35 bits per heavy atom. The highest BCUT2D eigenvalue weighted by molar-refractivity contribution is 5.99. The molecule has 0 unspecified atom stereocenters. The maximum Gasteiger partial charge on any atom is 0.253 e. The van der Waals surface area contributed by atoms with Gasteiger partial charge in [0.25, 0.3) is 5.91 Å². The van der Waals surface area contributed by atoms with Gasteiger partial charge in [-0.2, -0.15) is 0 Å². The Kier molecular flexibility index (Phi) is 3.94. The molecule has 0 heterocycles. The maximum absolute atomic E-state index is 13.2. The largest absolute Gasteiger partial charge is 0.398 e. The van der Waals surface area contributed by atoms with Crippen molar-refractivity contribution in [3.63, 3.8) is 0 Å². The molecule has 0 spiro atoms. The van der Waals surface area contributed by atoms with E-state index in [0.29, 0.717) is 6.54 Å². The second-order valence-electron chi connectivity index (χ2n) is 5.51. The molecule has 1 saturated carbocycles. The predicted octanol–water partition coefficient (Wildman–Crippen LogP) is 1.76. The van der Waals surface area contributed by atoms with Crippen LogP contribution in [0, 0.1) is 11.6 Å². The molecule has 4 nitrogen and oxygen atoms in total. The van der Waals surface area contributed by atoms with Crippen LogP contribution in [0.4, 0.5) is 14.5 Å². The first-order valence-electron chi connectivity index (χ1n) is 6.56. The van der Waals surface area contributed by atoms with Crippen LogP contribution in [-0.2, 0) is 0 Å². The molecule has 1 aromatic carbocycles. The molecule has 2 rings (SSSR count). The zero-order valence-electron chi connectivity index (χ0n) is 11.7. The van der Waals surface area contributed by atoms with Gasteiger partial charge in [-0.15, -0.1) is 0 Å². The van der Waals surface area contributed by atoms with Gasteiger partial charge in [0.1, 0.15) is 0 Å². The highest BCUT2D eigenvalue weighted by Crippen LogP contribution is 2.35. The van der Waals surface area contributed by atoms with Crippen LogP contribution < -0.4 is 11.1 Å². The van der Waals surface area contributed by atoms with Crippen molar-refractivity contribution in [1.29, 1.82) is 0 Å². The van der Waals surface area contributed by atoms with Crippen LogP contribution in [0.3, 0.4) is 0 Å². The monoisotopic (exact) mass is 283 g/mol. The van der Waals surface area contributed by atoms with Gasteiger partial charge in [-0.05, 0) is 39.4 Å². The Morgan fingerprint density at radius 3 is 2.45 bits per heavy atom. The maximum atomic E-state index is 13.2. The van der Waals surface area contributed by atoms with Crippen molar-refractivity contribution < 1.29 is 13.6 Å². The van der Waals surface area contributed by atoms with E-state index in [-0.39, 0.29) is 16.8 Å². The summed E-state index contributed by atoms with van der Waals surface area (Å²) in [7, 11) is 3.94. The summed E-state index contributed by atoms with van der Waals surface area (Å²) in [6.07, 6.45) is 3.14. The number of carbonyl (C=O) groups excluding carboxylic acids is 1. The molecule has 0 atom stereocenters. The molecule has 0 aliphatic heterocycles. The van der Waals surface area contributed by atoms with Gasteiger partial charge in [-0.1, -0.05) is 0 Å². The highest BCUT2D eigenvalue weighted by atomic mass is 19.2. The molecule has 6 heteroatoms. The summed E-state index contributed by atoms with van der Waals surface area (Å²) in [5, 5.41) is 2.76. The van der Waals surface area contributed by atoms with E-state index >= 15 is 0 Å². The van der Waals surface area contributed by atoms with Crippen LogP contribution in [0.2, 0.25) is 0 Å². The molecule has 0 saturated heterocycles. The Hall–Kier alpha value is -1.69. The smallest absolute Gasteiger partial charge is 0.253 e. The molecular formula is C14H19F2N3O. The average molecular weight is 283 g/mol. The van der Waals surface area contributed by atoms with Gasteiger partial charge in [0, 0.05) is 23.8 Å². The molecular weight excluding hydrogens is 264 g/mol. The van der Waals surface area contributed by atoms with Crippen molar-refractivity contribution in [3.8, 4) is 0 Å². The van der Waals surface area contributed by atoms with E-state index in [1.165, 1.54) is 0 Å². The summed E-state index contributed by atoms with van der Waals surface area (Å²) in [5.74, 6) is -2.60. The summed E-state index contributed by atoms with van der Waals surface area (Å²) in [5.41, 5.74) is 5.43. The van der Waals surface area contributed by atoms with Gasteiger partial charge < -0.3 is 16.0 Å². The molecule has 1 aliphatic rings. The van der Waals surface area contributed by atoms with E-state index in [1.54, 1.807) is 0 Å². The summed E-state index contributed by atoms with van der Waals surface area (Å²) < 4.78 is 26.2. The molecule has 1 fully saturated rings. The lowest BCUT2D eigenvalue weighted by atomic mass is 9.75. The molecule has 3 N–H and O–H groups in total. The van der Waals surface area contributed by atoms with E-state index in [2.05, 4.69) is 10.2 Å². The summed E-state index contributed by atoms with van der Waals surface area (Å²) in [6.45, 7) is 0.470. The zero-order valence-corrected chi connectivity index (χ0v) is 11.7. The average Bonchev–Trinajstić information content (AvgIpc) is 2.31. The lowest BCUT2D eigenvalue weighted by Gasteiger charge is -2.47. The van der Waals surface area contributed by atoms with Crippen LogP contribution in [0.5, 0.6) is 0 Å². The fourth-order valence-electron chi connectivity index (χ4n) is 2.47. The van der Waals surface area contributed by atoms with Crippen LogP contribution in [0.15, 0.2) is 12.1 Å². The number of nitrogens with two attached hydrogens (primary N) is 1. The quantitative estimate of drug-likeness (QED) is 0.828. The minimum Gasteiger partial charge on any atom is -0.398 e. The molecule has 1 aliphatic carbocycles. The van der Waals surface area contributed by atoms with Crippen LogP contribution in [-0.4, -0.2) is 37.0 Å². The molecule has 0 radical (unpaired) electrons. The number of hydrogen-bond donors (Lipinski definition) is 2. The predicted molar refractivity (Wildman–Crippen MR) is 73.4 cm³/mol. The van der Waals surface area contributed by atoms with Gasteiger partial charge >= 0.3 is 0 Å².